The molecule has 0 aliphatic carbocycles. The van der Waals surface area contributed by atoms with Crippen LogP contribution in [0, 0.1) is 0 Å². The minimum atomic E-state index is -3.50. The zero-order chi connectivity index (χ0) is 21.3. The van der Waals surface area contributed by atoms with Crippen LogP contribution >= 0.6 is 7.60 Å². The highest BCUT2D eigenvalue weighted by Crippen LogP contribution is 2.59. The van der Waals surface area contributed by atoms with Crippen LogP contribution in [0.2, 0.25) is 0 Å². The molecule has 1 atom stereocenters. The van der Waals surface area contributed by atoms with E-state index in [4.69, 9.17) is 23.3 Å². The van der Waals surface area contributed by atoms with Crippen molar-refractivity contribution in [1.29, 1.82) is 0 Å². The molecule has 0 radical (unpaired) electrons. The molecular formula is C20H29N2O6P. The lowest BCUT2D eigenvalue weighted by Crippen LogP contribution is -2.24. The van der Waals surface area contributed by atoms with Crippen LogP contribution in [0.1, 0.15) is 30.9 Å². The minimum absolute atomic E-state index is 0.256. The van der Waals surface area contributed by atoms with E-state index in [0.717, 1.165) is 5.56 Å². The molecule has 160 valence electrons. The molecule has 1 N–H and O–H groups in total. The van der Waals surface area contributed by atoms with Crippen LogP contribution in [0.3, 0.4) is 0 Å². The number of hydrogen-bond acceptors (Lipinski definition) is 8. The van der Waals surface area contributed by atoms with Gasteiger partial charge in [-0.25, -0.2) is 0 Å². The summed E-state index contributed by atoms with van der Waals surface area (Å²) in [7, 11) is 1.17. The summed E-state index contributed by atoms with van der Waals surface area (Å²) in [6.45, 7) is 4.42. The van der Waals surface area contributed by atoms with Crippen molar-refractivity contribution in [2.24, 2.45) is 0 Å². The summed E-state index contributed by atoms with van der Waals surface area (Å²) in [5.74, 6) is 0.851. The molecule has 0 spiro atoms. The van der Waals surface area contributed by atoms with Gasteiger partial charge in [-0.2, -0.15) is 0 Å². The highest BCUT2D eigenvalue weighted by molar-refractivity contribution is 7.54. The van der Waals surface area contributed by atoms with Crippen LogP contribution in [0.4, 0.5) is 0 Å². The average Bonchev–Trinajstić information content (AvgIpc) is 2.74. The fourth-order valence-electron chi connectivity index (χ4n) is 2.91. The normalized spacial score (nSPS) is 12.4. The molecule has 0 saturated heterocycles. The monoisotopic (exact) mass is 424 g/mol. The van der Waals surface area contributed by atoms with Crippen molar-refractivity contribution in [3.05, 3.63) is 47.8 Å². The molecule has 2 aromatic rings. The number of hydrogen-bond donors (Lipinski definition) is 1. The Bertz CT molecular complexity index is 783. The number of benzene rings is 1. The Labute approximate surface area is 172 Å². The molecule has 0 amide bonds. The lowest BCUT2D eigenvalue weighted by molar-refractivity contribution is 0.206. The van der Waals surface area contributed by atoms with Gasteiger partial charge < -0.3 is 23.3 Å². The molecule has 0 aliphatic heterocycles. The number of ether oxygens (including phenoxy) is 3. The van der Waals surface area contributed by atoms with Crippen LogP contribution in [-0.2, 0) is 20.2 Å². The lowest BCUT2D eigenvalue weighted by Gasteiger charge is -2.27. The molecule has 29 heavy (non-hydrogen) atoms. The third-order valence-corrected chi connectivity index (χ3v) is 6.44. The zero-order valence-corrected chi connectivity index (χ0v) is 18.4. The van der Waals surface area contributed by atoms with Gasteiger partial charge in [-0.1, -0.05) is 6.07 Å². The Hall–Kier alpha value is -2.12. The number of rotatable bonds is 12. The molecule has 0 fully saturated rings. The van der Waals surface area contributed by atoms with E-state index in [1.54, 1.807) is 53.5 Å². The average molecular weight is 424 g/mol. The molecule has 0 bridgehead atoms. The second-order valence-electron chi connectivity index (χ2n) is 5.95. The molecule has 1 aromatic heterocycles. The third kappa shape index (κ3) is 5.70. The van der Waals surface area contributed by atoms with Gasteiger partial charge >= 0.3 is 7.60 Å². The smallest absolute Gasteiger partial charge is 0.353 e. The van der Waals surface area contributed by atoms with Crippen LogP contribution in [-0.4, -0.2) is 39.5 Å². The Morgan fingerprint density at radius 3 is 2.07 bits per heavy atom. The van der Waals surface area contributed by atoms with Crippen LogP contribution in [0.5, 0.6) is 17.2 Å². The van der Waals surface area contributed by atoms with E-state index in [0.29, 0.717) is 29.5 Å². The molecule has 0 aliphatic rings. The van der Waals surface area contributed by atoms with Crippen molar-refractivity contribution in [1.82, 2.24) is 10.3 Å². The first kappa shape index (κ1) is 23.2. The molecule has 2 rings (SSSR count). The summed E-state index contributed by atoms with van der Waals surface area (Å²) in [4.78, 5) is 4.35. The molecule has 1 aromatic carbocycles. The van der Waals surface area contributed by atoms with Crippen molar-refractivity contribution in [3.63, 3.8) is 0 Å². The third-order valence-electron chi connectivity index (χ3n) is 4.13. The second-order valence-corrected chi connectivity index (χ2v) is 8.06. The second kappa shape index (κ2) is 11.2. The first-order valence-corrected chi connectivity index (χ1v) is 11.0. The first-order valence-electron chi connectivity index (χ1n) is 9.34. The van der Waals surface area contributed by atoms with Crippen molar-refractivity contribution in [3.8, 4) is 17.2 Å². The van der Waals surface area contributed by atoms with Crippen LogP contribution in [0.25, 0.3) is 0 Å². The van der Waals surface area contributed by atoms with Gasteiger partial charge in [0.15, 0.2) is 17.3 Å². The lowest BCUT2D eigenvalue weighted by atomic mass is 10.1. The van der Waals surface area contributed by atoms with Gasteiger partial charge in [0.2, 0.25) is 5.75 Å². The van der Waals surface area contributed by atoms with E-state index < -0.39 is 13.4 Å². The molecular weight excluding hydrogens is 395 g/mol. The van der Waals surface area contributed by atoms with Crippen LogP contribution < -0.4 is 19.5 Å². The van der Waals surface area contributed by atoms with Gasteiger partial charge in [0.1, 0.15) is 0 Å². The maximum atomic E-state index is 13.5. The summed E-state index contributed by atoms with van der Waals surface area (Å²) in [5.41, 5.74) is 1.42. The van der Waals surface area contributed by atoms with Crippen molar-refractivity contribution >= 4 is 7.60 Å². The first-order chi connectivity index (χ1) is 14.0. The predicted molar refractivity (Wildman–Crippen MR) is 111 cm³/mol. The number of pyridine rings is 1. The van der Waals surface area contributed by atoms with Gasteiger partial charge in [-0.3, -0.25) is 14.9 Å². The quantitative estimate of drug-likeness (QED) is 0.508. The van der Waals surface area contributed by atoms with E-state index in [1.807, 2.05) is 18.2 Å². The van der Waals surface area contributed by atoms with Crippen molar-refractivity contribution in [2.45, 2.75) is 26.2 Å². The number of nitrogens with one attached hydrogen (secondary N) is 1. The summed E-state index contributed by atoms with van der Waals surface area (Å²) in [6, 6.07) is 9.08. The summed E-state index contributed by atoms with van der Waals surface area (Å²) in [5, 5.41) is 3.28. The standard InChI is InChI=1S/C20H29N2O6P/c1-6-27-29(23,28-7-2)20(16-10-8-9-11-21-16)22-14-15-12-17(24-3)19(26-5)18(13-15)25-4/h8-13,20,22H,6-7,14H2,1-5H3. The van der Waals surface area contributed by atoms with Gasteiger partial charge in [-0.15, -0.1) is 0 Å². The largest absolute Gasteiger partial charge is 0.493 e. The molecule has 1 heterocycles. The minimum Gasteiger partial charge on any atom is -0.493 e. The summed E-state index contributed by atoms with van der Waals surface area (Å²) >= 11 is 0. The molecule has 8 nitrogen and oxygen atoms in total. The maximum Gasteiger partial charge on any atom is 0.353 e. The Balaban J connectivity index is 2.36. The van der Waals surface area contributed by atoms with E-state index in [9.17, 15) is 4.57 Å². The fraction of sp³-hybridized carbons (Fsp3) is 0.450. The molecule has 9 heteroatoms. The number of nitrogens with zero attached hydrogens (tertiary/aromatic N) is 1. The van der Waals surface area contributed by atoms with E-state index in [-0.39, 0.29) is 13.2 Å². The predicted octanol–water partition coefficient (Wildman–Crippen LogP) is 4.16. The Kier molecular flexibility index (Phi) is 8.92. The zero-order valence-electron chi connectivity index (χ0n) is 17.5. The van der Waals surface area contributed by atoms with E-state index in [2.05, 4.69) is 10.3 Å². The van der Waals surface area contributed by atoms with Crippen molar-refractivity contribution < 1.29 is 27.8 Å². The fourth-order valence-corrected chi connectivity index (χ4v) is 4.80. The summed E-state index contributed by atoms with van der Waals surface area (Å²) in [6.07, 6.45) is 1.64. The highest BCUT2D eigenvalue weighted by Gasteiger charge is 2.37. The van der Waals surface area contributed by atoms with Gasteiger partial charge in [0.05, 0.1) is 40.2 Å². The van der Waals surface area contributed by atoms with Gasteiger partial charge in [-0.05, 0) is 43.7 Å². The number of methoxy groups -OCH3 is 3. The highest BCUT2D eigenvalue weighted by atomic mass is 31.2. The summed E-state index contributed by atoms with van der Waals surface area (Å²) < 4.78 is 40.8. The van der Waals surface area contributed by atoms with Crippen LogP contribution in [0.15, 0.2) is 36.5 Å². The van der Waals surface area contributed by atoms with E-state index in [1.165, 1.54) is 0 Å². The topological polar surface area (TPSA) is 88.1 Å². The Morgan fingerprint density at radius 2 is 1.62 bits per heavy atom. The van der Waals surface area contributed by atoms with Gasteiger partial charge in [0, 0.05) is 12.7 Å². The van der Waals surface area contributed by atoms with Gasteiger partial charge in [0.25, 0.3) is 0 Å². The Morgan fingerprint density at radius 1 is 1.00 bits per heavy atom. The molecule has 0 saturated carbocycles. The number of aromatic nitrogens is 1. The maximum absolute atomic E-state index is 13.5. The SMILES string of the molecule is CCOP(=O)(OCC)C(NCc1cc(OC)c(OC)c(OC)c1)c1ccccn1. The van der Waals surface area contributed by atoms with E-state index >= 15 is 0 Å². The van der Waals surface area contributed by atoms with Crippen molar-refractivity contribution in [2.75, 3.05) is 34.5 Å². The molecule has 1 unspecified atom stereocenters.